The molecule has 53 valence electrons. The van der Waals surface area contributed by atoms with Crippen LogP contribution in [0.5, 0.6) is 0 Å². The predicted molar refractivity (Wildman–Crippen MR) is 44.6 cm³/mol. The molecule has 10 heavy (non-hydrogen) atoms. The zero-order valence-corrected chi connectivity index (χ0v) is 7.46. The van der Waals surface area contributed by atoms with E-state index in [4.69, 9.17) is 0 Å². The lowest BCUT2D eigenvalue weighted by molar-refractivity contribution is 0.542. The first-order valence-corrected chi connectivity index (χ1v) is 4.28. The molecule has 0 fully saturated rings. The summed E-state index contributed by atoms with van der Waals surface area (Å²) in [7, 11) is 0. The van der Waals surface area contributed by atoms with Gasteiger partial charge in [-0.2, -0.15) is 0 Å². The number of thiophene rings is 1. The number of halogens is 1. The summed E-state index contributed by atoms with van der Waals surface area (Å²) in [4.78, 5) is 10.9. The molecule has 0 aromatic carbocycles. The van der Waals surface area contributed by atoms with E-state index < -0.39 is 0 Å². The Morgan fingerprint density at radius 3 is 3.00 bits per heavy atom. The quantitative estimate of drug-likeness (QED) is 0.769. The minimum Gasteiger partial charge on any atom is -0.343 e. The molecule has 0 aliphatic carbocycles. The van der Waals surface area contributed by atoms with Crippen LogP contribution in [-0.2, 0) is 11.3 Å². The molecule has 1 N–H and O–H groups in total. The summed E-state index contributed by atoms with van der Waals surface area (Å²) in [6, 6.07) is 3.91. The third kappa shape index (κ3) is 2.11. The van der Waals surface area contributed by atoms with Gasteiger partial charge in [-0.15, -0.1) is 11.3 Å². The average molecular weight is 219 g/mol. The van der Waals surface area contributed by atoms with Crippen molar-refractivity contribution >= 4 is 33.7 Å². The molecule has 1 radical (unpaired) electrons. The van der Waals surface area contributed by atoms with Crippen LogP contribution < -0.4 is 5.32 Å². The summed E-state index contributed by atoms with van der Waals surface area (Å²) in [5.41, 5.74) is 0. The van der Waals surface area contributed by atoms with Crippen LogP contribution in [-0.4, -0.2) is 6.41 Å². The van der Waals surface area contributed by atoms with Gasteiger partial charge < -0.3 is 5.32 Å². The van der Waals surface area contributed by atoms with Gasteiger partial charge in [-0.3, -0.25) is 4.79 Å². The Morgan fingerprint density at radius 1 is 1.70 bits per heavy atom. The van der Waals surface area contributed by atoms with Crippen molar-refractivity contribution < 1.29 is 4.79 Å². The normalized spacial score (nSPS) is 9.30. The SMILES string of the molecule is O=[C]NCc1ccc(Br)s1. The Labute approximate surface area is 71.4 Å². The van der Waals surface area contributed by atoms with Crippen LogP contribution in [0.1, 0.15) is 4.88 Å². The van der Waals surface area contributed by atoms with E-state index in [-0.39, 0.29) is 0 Å². The molecule has 0 atom stereocenters. The van der Waals surface area contributed by atoms with Crippen LogP contribution >= 0.6 is 27.3 Å². The van der Waals surface area contributed by atoms with Crippen LogP contribution in [0.3, 0.4) is 0 Å². The zero-order chi connectivity index (χ0) is 7.40. The summed E-state index contributed by atoms with van der Waals surface area (Å²) < 4.78 is 1.08. The second kappa shape index (κ2) is 3.73. The fourth-order valence-electron chi connectivity index (χ4n) is 0.570. The molecule has 0 saturated carbocycles. The summed E-state index contributed by atoms with van der Waals surface area (Å²) >= 11 is 4.92. The van der Waals surface area contributed by atoms with Crippen molar-refractivity contribution in [2.24, 2.45) is 0 Å². The van der Waals surface area contributed by atoms with Crippen LogP contribution in [0.25, 0.3) is 0 Å². The van der Waals surface area contributed by atoms with Gasteiger partial charge in [0.25, 0.3) is 0 Å². The van der Waals surface area contributed by atoms with E-state index in [2.05, 4.69) is 21.2 Å². The molecule has 1 aromatic heterocycles. The van der Waals surface area contributed by atoms with E-state index >= 15 is 0 Å². The van der Waals surface area contributed by atoms with Gasteiger partial charge in [-0.25, -0.2) is 0 Å². The van der Waals surface area contributed by atoms with Gasteiger partial charge in [0.15, 0.2) is 0 Å². The fourth-order valence-corrected chi connectivity index (χ4v) is 1.99. The monoisotopic (exact) mass is 218 g/mol. The van der Waals surface area contributed by atoms with Crippen LogP contribution in [0.4, 0.5) is 0 Å². The second-order valence-corrected chi connectivity index (χ2v) is 4.21. The minimum atomic E-state index is 0.569. The number of hydrogen-bond acceptors (Lipinski definition) is 2. The van der Waals surface area contributed by atoms with E-state index in [9.17, 15) is 4.79 Å². The van der Waals surface area contributed by atoms with Gasteiger partial charge in [-0.1, -0.05) is 0 Å². The lowest BCUT2D eigenvalue weighted by Crippen LogP contribution is -2.07. The van der Waals surface area contributed by atoms with Gasteiger partial charge in [0, 0.05) is 4.88 Å². The average Bonchev–Trinajstić information content (AvgIpc) is 2.31. The Hall–Kier alpha value is -0.350. The summed E-state index contributed by atoms with van der Waals surface area (Å²) in [6.45, 7) is 0.569. The number of carbonyl (C=O) groups excluding carboxylic acids is 1. The first kappa shape index (κ1) is 7.75. The predicted octanol–water partition coefficient (Wildman–Crippen LogP) is 1.67. The van der Waals surface area contributed by atoms with Crippen molar-refractivity contribution in [2.75, 3.05) is 0 Å². The van der Waals surface area contributed by atoms with Crippen LogP contribution in [0.15, 0.2) is 15.9 Å². The largest absolute Gasteiger partial charge is 0.343 e. The summed E-state index contributed by atoms with van der Waals surface area (Å²) in [6.07, 6.45) is 1.62. The molecule has 1 amide bonds. The van der Waals surface area contributed by atoms with Gasteiger partial charge >= 0.3 is 6.41 Å². The van der Waals surface area contributed by atoms with Gasteiger partial charge in [0.05, 0.1) is 10.3 Å². The molecule has 1 rings (SSSR count). The van der Waals surface area contributed by atoms with E-state index in [1.54, 1.807) is 17.7 Å². The molecule has 0 aliphatic heterocycles. The second-order valence-electron chi connectivity index (χ2n) is 1.66. The molecular weight excluding hydrogens is 214 g/mol. The molecule has 2 nitrogen and oxygen atoms in total. The number of nitrogens with one attached hydrogen (secondary N) is 1. The maximum atomic E-state index is 9.74. The van der Waals surface area contributed by atoms with Crippen molar-refractivity contribution in [3.63, 3.8) is 0 Å². The Bertz CT molecular complexity index is 223. The molecule has 0 bridgehead atoms. The van der Waals surface area contributed by atoms with E-state index in [1.807, 2.05) is 12.1 Å². The molecule has 4 heteroatoms. The molecule has 1 heterocycles. The number of hydrogen-bond donors (Lipinski definition) is 1. The first-order chi connectivity index (χ1) is 4.83. The van der Waals surface area contributed by atoms with E-state index in [0.29, 0.717) is 6.54 Å². The molecule has 0 spiro atoms. The third-order valence-electron chi connectivity index (χ3n) is 0.964. The summed E-state index contributed by atoms with van der Waals surface area (Å²) in [5, 5.41) is 2.46. The van der Waals surface area contributed by atoms with Crippen molar-refractivity contribution in [2.45, 2.75) is 6.54 Å². The van der Waals surface area contributed by atoms with Crippen LogP contribution in [0.2, 0.25) is 0 Å². The Kier molecular flexibility index (Phi) is 2.89. The van der Waals surface area contributed by atoms with Crippen molar-refractivity contribution in [3.05, 3.63) is 20.8 Å². The van der Waals surface area contributed by atoms with Crippen molar-refractivity contribution in [1.82, 2.24) is 5.32 Å². The first-order valence-electron chi connectivity index (χ1n) is 2.67. The zero-order valence-electron chi connectivity index (χ0n) is 5.06. The standard InChI is InChI=1S/C6H5BrNOS/c7-6-2-1-5(10-6)3-8-4-9/h1-2H,3H2,(H,8,9). The number of amides is 1. The molecular formula is C6H5BrNOS. The lowest BCUT2D eigenvalue weighted by atomic mass is 10.5. The maximum Gasteiger partial charge on any atom is 0.309 e. The molecule has 0 saturated heterocycles. The smallest absolute Gasteiger partial charge is 0.309 e. The van der Waals surface area contributed by atoms with Gasteiger partial charge in [-0.05, 0) is 28.1 Å². The lowest BCUT2D eigenvalue weighted by Gasteiger charge is -1.89. The van der Waals surface area contributed by atoms with E-state index in [0.717, 1.165) is 8.66 Å². The van der Waals surface area contributed by atoms with Gasteiger partial charge in [0.2, 0.25) is 0 Å². The van der Waals surface area contributed by atoms with Crippen molar-refractivity contribution in [1.29, 1.82) is 0 Å². The topological polar surface area (TPSA) is 29.1 Å². The summed E-state index contributed by atoms with van der Waals surface area (Å²) in [5.74, 6) is 0. The van der Waals surface area contributed by atoms with Gasteiger partial charge in [0.1, 0.15) is 0 Å². The Balaban J connectivity index is 2.49. The highest BCUT2D eigenvalue weighted by Gasteiger charge is 1.94. The molecule has 1 aromatic rings. The minimum absolute atomic E-state index is 0.569. The highest BCUT2D eigenvalue weighted by molar-refractivity contribution is 9.11. The van der Waals surface area contributed by atoms with Crippen LogP contribution in [0, 0.1) is 0 Å². The maximum absolute atomic E-state index is 9.74. The number of rotatable bonds is 3. The highest BCUT2D eigenvalue weighted by atomic mass is 79.9. The molecule has 0 unspecified atom stereocenters. The van der Waals surface area contributed by atoms with E-state index in [1.165, 1.54) is 0 Å². The molecule has 0 aliphatic rings. The third-order valence-corrected chi connectivity index (χ3v) is 2.59. The highest BCUT2D eigenvalue weighted by Crippen LogP contribution is 2.21. The fraction of sp³-hybridized carbons (Fsp3) is 0.167. The Morgan fingerprint density at radius 2 is 2.50 bits per heavy atom. The van der Waals surface area contributed by atoms with Crippen molar-refractivity contribution in [3.8, 4) is 0 Å².